The number of hydrogen-bond acceptors (Lipinski definition) is 14. The summed E-state index contributed by atoms with van der Waals surface area (Å²) >= 11 is 0. The number of aliphatic carboxylic acids is 1. The summed E-state index contributed by atoms with van der Waals surface area (Å²) in [6.45, 7) is 13.4. The predicted molar refractivity (Wildman–Crippen MR) is 200 cm³/mol. The maximum absolute atomic E-state index is 14.9. The predicted octanol–water partition coefficient (Wildman–Crippen LogP) is 1.03. The van der Waals surface area contributed by atoms with E-state index in [-0.39, 0.29) is 40.8 Å². The van der Waals surface area contributed by atoms with Crippen LogP contribution in [0.3, 0.4) is 0 Å². The van der Waals surface area contributed by atoms with Gasteiger partial charge in [-0.05, 0) is 103 Å². The second-order valence-corrected chi connectivity index (χ2v) is 20.6. The Morgan fingerprint density at radius 3 is 1.98 bits per heavy atom. The number of carboxylic acids is 1. The Hall–Kier alpha value is -1.60. The van der Waals surface area contributed by atoms with Gasteiger partial charge in [0.2, 0.25) is 0 Å². The first-order valence-corrected chi connectivity index (χ1v) is 20.9. The highest BCUT2D eigenvalue weighted by molar-refractivity contribution is 5.95. The van der Waals surface area contributed by atoms with E-state index in [1.807, 2.05) is 6.08 Å². The molecule has 5 aliphatic carbocycles. The van der Waals surface area contributed by atoms with Crippen LogP contribution in [0.5, 0.6) is 0 Å². The lowest BCUT2D eigenvalue weighted by Crippen LogP contribution is -2.68. The number of fused-ring (bicyclic) bond motifs is 7. The molecule has 324 valence electrons. The summed E-state index contributed by atoms with van der Waals surface area (Å²) in [5.41, 5.74) is -2.44. The fourth-order valence-corrected chi connectivity index (χ4v) is 13.5. The first kappa shape index (κ1) is 43.5. The minimum absolute atomic E-state index is 0.0177. The smallest absolute Gasteiger partial charge is 0.312 e. The molecule has 2 aliphatic heterocycles. The number of ether oxygens (including phenoxy) is 4. The van der Waals surface area contributed by atoms with E-state index in [0.717, 1.165) is 31.3 Å². The minimum atomic E-state index is -1.79. The van der Waals surface area contributed by atoms with E-state index in [1.165, 1.54) is 0 Å². The van der Waals surface area contributed by atoms with Gasteiger partial charge >= 0.3 is 5.97 Å². The molecule has 2 saturated heterocycles. The fourth-order valence-electron chi connectivity index (χ4n) is 13.5. The maximum Gasteiger partial charge on any atom is 0.312 e. The van der Waals surface area contributed by atoms with Crippen molar-refractivity contribution < 1.29 is 74.5 Å². The largest absolute Gasteiger partial charge is 0.481 e. The van der Waals surface area contributed by atoms with Crippen LogP contribution >= 0.6 is 0 Å². The second kappa shape index (κ2) is 14.5. The van der Waals surface area contributed by atoms with Crippen molar-refractivity contribution in [1.82, 2.24) is 0 Å². The zero-order valence-corrected chi connectivity index (χ0v) is 34.3. The Balaban J connectivity index is 1.17. The van der Waals surface area contributed by atoms with Crippen LogP contribution < -0.4 is 0 Å². The van der Waals surface area contributed by atoms with Crippen molar-refractivity contribution in [1.29, 1.82) is 0 Å². The zero-order valence-electron chi connectivity index (χ0n) is 34.3. The molecule has 7 aliphatic rings. The summed E-state index contributed by atoms with van der Waals surface area (Å²) < 4.78 is 24.2. The third kappa shape index (κ3) is 6.27. The van der Waals surface area contributed by atoms with Gasteiger partial charge in [0, 0.05) is 5.92 Å². The molecule has 0 aromatic rings. The Morgan fingerprint density at radius 2 is 1.37 bits per heavy atom. The summed E-state index contributed by atoms with van der Waals surface area (Å²) in [5, 5.41) is 94.7. The van der Waals surface area contributed by atoms with Crippen LogP contribution in [0.1, 0.15) is 99.8 Å². The third-order valence-electron chi connectivity index (χ3n) is 17.4. The molecule has 0 spiro atoms. The summed E-state index contributed by atoms with van der Waals surface area (Å²) in [6, 6.07) is 0. The van der Waals surface area contributed by atoms with Crippen LogP contribution in [0.4, 0.5) is 0 Å². The SMILES string of the molecule is CC1(C)[C@@H](O[C@@H]2O[C@H](CO)[C@@H](O)[C@H](O)[C@H]2O[C@@H]2O[C@H](CO)[C@@H](O)[C@H](O)[C@H]2O)CC[C@]2(C)[C@H]3C(=O)C=C4[C@@H]5C[C@](C)(C(=O)O)[C@H](O)C[C@]5(C)CC[C@@]4(C)[C@]3(C)CC[C@@H]12. The average molecular weight is 811 g/mol. The lowest BCUT2D eigenvalue weighted by Gasteiger charge is -2.70. The number of aliphatic hydroxyl groups is 8. The molecule has 9 N–H and O–H groups in total. The van der Waals surface area contributed by atoms with E-state index < -0.39 is 114 Å². The van der Waals surface area contributed by atoms with Crippen molar-refractivity contribution in [3.63, 3.8) is 0 Å². The van der Waals surface area contributed by atoms with Crippen molar-refractivity contribution >= 4 is 11.8 Å². The summed E-state index contributed by atoms with van der Waals surface area (Å²) in [4.78, 5) is 27.4. The topological polar surface area (TPSA) is 253 Å². The van der Waals surface area contributed by atoms with Crippen LogP contribution in [0.25, 0.3) is 0 Å². The van der Waals surface area contributed by atoms with E-state index in [0.29, 0.717) is 19.3 Å². The van der Waals surface area contributed by atoms with Gasteiger partial charge in [0.25, 0.3) is 0 Å². The number of allylic oxidation sites excluding steroid dienone is 2. The van der Waals surface area contributed by atoms with E-state index in [4.69, 9.17) is 18.9 Å². The van der Waals surface area contributed by atoms with Crippen LogP contribution in [0, 0.1) is 50.2 Å². The molecule has 0 bridgehead atoms. The summed E-state index contributed by atoms with van der Waals surface area (Å²) in [7, 11) is 0. The quantitative estimate of drug-likeness (QED) is 0.163. The number of carbonyl (C=O) groups is 2. The highest BCUT2D eigenvalue weighted by Crippen LogP contribution is 2.75. The lowest BCUT2D eigenvalue weighted by atomic mass is 9.33. The molecule has 4 saturated carbocycles. The number of rotatable bonds is 7. The lowest BCUT2D eigenvalue weighted by molar-refractivity contribution is -0.378. The molecule has 0 amide bonds. The highest BCUT2D eigenvalue weighted by Gasteiger charge is 2.71. The summed E-state index contributed by atoms with van der Waals surface area (Å²) in [6.07, 6.45) is -10.3. The van der Waals surface area contributed by atoms with Gasteiger partial charge in [-0.2, -0.15) is 0 Å². The number of hydrogen-bond donors (Lipinski definition) is 9. The second-order valence-electron chi connectivity index (χ2n) is 20.6. The molecule has 6 fully saturated rings. The Kier molecular flexibility index (Phi) is 11.1. The molecule has 0 aromatic carbocycles. The van der Waals surface area contributed by atoms with Gasteiger partial charge in [0.05, 0.1) is 30.8 Å². The molecule has 0 unspecified atom stereocenters. The number of aliphatic hydroxyl groups excluding tert-OH is 8. The molecule has 15 heteroatoms. The first-order valence-electron chi connectivity index (χ1n) is 20.9. The van der Waals surface area contributed by atoms with E-state index >= 15 is 0 Å². The van der Waals surface area contributed by atoms with Gasteiger partial charge in [-0.3, -0.25) is 9.59 Å². The average Bonchev–Trinajstić information content (AvgIpc) is 3.14. The van der Waals surface area contributed by atoms with E-state index in [2.05, 4.69) is 41.5 Å². The summed E-state index contributed by atoms with van der Waals surface area (Å²) in [5.74, 6) is -1.46. The molecule has 0 aromatic heterocycles. The monoisotopic (exact) mass is 810 g/mol. The maximum atomic E-state index is 14.9. The van der Waals surface area contributed by atoms with Gasteiger partial charge in [-0.1, -0.05) is 47.1 Å². The van der Waals surface area contributed by atoms with Gasteiger partial charge in [-0.15, -0.1) is 0 Å². The molecule has 2 heterocycles. The van der Waals surface area contributed by atoms with Crippen LogP contribution in [-0.2, 0) is 28.5 Å². The molecular formula is C42H66O15. The fraction of sp³-hybridized carbons (Fsp3) is 0.905. The van der Waals surface area contributed by atoms with Gasteiger partial charge in [-0.25, -0.2) is 0 Å². The van der Waals surface area contributed by atoms with Crippen LogP contribution in [0.2, 0.25) is 0 Å². The Labute approximate surface area is 334 Å². The molecule has 57 heavy (non-hydrogen) atoms. The standard InChI is InChI=1S/C42H66O15/c1-37(2)24-8-11-42(7)33(21(45)14-19-20-15-40(5,36(52)53)25(46)16-38(20,3)12-13-41(19,42)6)39(24,4)10-9-26(37)56-35-32(30(50)28(48)23(18-44)55-35)57-34-31(51)29(49)27(47)22(17-43)54-34/h14,20,22-35,43-44,46-51H,8-13,15-18H2,1-7H3,(H,52,53)/t20-,22+,23+,24-,25+,26-,27+,28+,29-,30-,31+,32+,33+,34-,35-,38-,39-,40-,41+,42+/m0/s1. The molecule has 15 nitrogen and oxygen atoms in total. The van der Waals surface area contributed by atoms with Gasteiger partial charge < -0.3 is 64.9 Å². The van der Waals surface area contributed by atoms with Crippen molar-refractivity contribution in [2.75, 3.05) is 13.2 Å². The molecular weight excluding hydrogens is 744 g/mol. The number of carbonyl (C=O) groups excluding carboxylic acids is 1. The highest BCUT2D eigenvalue weighted by atomic mass is 16.8. The minimum Gasteiger partial charge on any atom is -0.481 e. The van der Waals surface area contributed by atoms with Crippen molar-refractivity contribution in [2.45, 2.75) is 173 Å². The molecule has 0 radical (unpaired) electrons. The normalized spacial score (nSPS) is 54.8. The van der Waals surface area contributed by atoms with Crippen LogP contribution in [-0.4, -0.2) is 145 Å². The Bertz CT molecular complexity index is 1600. The Morgan fingerprint density at radius 1 is 0.754 bits per heavy atom. The van der Waals surface area contributed by atoms with Crippen LogP contribution in [0.15, 0.2) is 11.6 Å². The number of carboxylic acid groups (broad SMARTS) is 1. The zero-order chi connectivity index (χ0) is 42.0. The van der Waals surface area contributed by atoms with Crippen molar-refractivity contribution in [3.8, 4) is 0 Å². The molecule has 7 rings (SSSR count). The van der Waals surface area contributed by atoms with E-state index in [9.17, 15) is 55.5 Å². The van der Waals surface area contributed by atoms with Crippen molar-refractivity contribution in [3.05, 3.63) is 11.6 Å². The molecule has 20 atom stereocenters. The van der Waals surface area contributed by atoms with Crippen molar-refractivity contribution in [2.24, 2.45) is 50.2 Å². The first-order chi connectivity index (χ1) is 26.4. The van der Waals surface area contributed by atoms with Gasteiger partial charge in [0.15, 0.2) is 18.4 Å². The number of ketones is 1. The van der Waals surface area contributed by atoms with Gasteiger partial charge in [0.1, 0.15) is 48.8 Å². The van der Waals surface area contributed by atoms with E-state index in [1.54, 1.807) is 6.92 Å². The third-order valence-corrected chi connectivity index (χ3v) is 17.4.